The molecule has 0 atom stereocenters. The maximum Gasteiger partial charge on any atom is 0.0865 e. The van der Waals surface area contributed by atoms with Gasteiger partial charge in [-0.1, -0.05) is 17.7 Å². The number of nitrogens with one attached hydrogen (secondary N) is 1. The Balaban J connectivity index is 2.18. The van der Waals surface area contributed by atoms with Gasteiger partial charge in [0, 0.05) is 16.7 Å². The lowest BCUT2D eigenvalue weighted by molar-refractivity contribution is 0.623. The van der Waals surface area contributed by atoms with Crippen molar-refractivity contribution in [3.8, 4) is 0 Å². The highest BCUT2D eigenvalue weighted by Gasteiger charge is 2.12. The van der Waals surface area contributed by atoms with E-state index in [0.29, 0.717) is 6.54 Å². The first-order chi connectivity index (χ1) is 9.02. The number of nitrogens with zero attached hydrogens (tertiary/aromatic N) is 2. The minimum Gasteiger partial charge on any atom is -0.378 e. The molecule has 0 fully saturated rings. The van der Waals surface area contributed by atoms with Crippen LogP contribution in [0.3, 0.4) is 0 Å². The molecule has 0 saturated heterocycles. The third-order valence-corrected chi connectivity index (χ3v) is 4.17. The van der Waals surface area contributed by atoms with E-state index in [2.05, 4.69) is 58.4 Å². The van der Waals surface area contributed by atoms with Gasteiger partial charge in [0.1, 0.15) is 0 Å². The summed E-state index contributed by atoms with van der Waals surface area (Å²) in [5.74, 6) is 0. The normalized spacial score (nSPS) is 10.8. The van der Waals surface area contributed by atoms with E-state index in [1.807, 2.05) is 11.6 Å². The minimum absolute atomic E-state index is 0.662. The van der Waals surface area contributed by atoms with Gasteiger partial charge in [0.15, 0.2) is 0 Å². The molecule has 2 aromatic rings. The second-order valence-electron chi connectivity index (χ2n) is 4.50. The maximum absolute atomic E-state index is 6.29. The van der Waals surface area contributed by atoms with Gasteiger partial charge in [-0.25, -0.2) is 0 Å². The average Bonchev–Trinajstić information content (AvgIpc) is 2.65. The van der Waals surface area contributed by atoms with Gasteiger partial charge >= 0.3 is 0 Å². The monoisotopic (exact) mass is 341 g/mol. The van der Waals surface area contributed by atoms with Crippen molar-refractivity contribution in [2.45, 2.75) is 33.9 Å². The van der Waals surface area contributed by atoms with Crippen LogP contribution in [-0.4, -0.2) is 9.78 Å². The smallest absolute Gasteiger partial charge is 0.0865 e. The average molecular weight is 343 g/mol. The van der Waals surface area contributed by atoms with Gasteiger partial charge in [-0.3, -0.25) is 4.68 Å². The third-order valence-electron chi connectivity index (χ3n) is 3.02. The molecule has 3 nitrogen and oxygen atoms in total. The molecule has 2 rings (SSSR count). The second-order valence-corrected chi connectivity index (χ2v) is 5.73. The van der Waals surface area contributed by atoms with Crippen molar-refractivity contribution < 1.29 is 0 Å². The highest BCUT2D eigenvalue weighted by molar-refractivity contribution is 9.10. The van der Waals surface area contributed by atoms with Gasteiger partial charge in [-0.05, 0) is 54.4 Å². The Bertz CT molecular complexity index is 593. The highest BCUT2D eigenvalue weighted by atomic mass is 79.9. The van der Waals surface area contributed by atoms with Crippen molar-refractivity contribution in [2.24, 2.45) is 0 Å². The van der Waals surface area contributed by atoms with Crippen LogP contribution in [0.1, 0.15) is 23.9 Å². The number of aryl methyl sites for hydroxylation is 3. The van der Waals surface area contributed by atoms with Gasteiger partial charge in [-0.2, -0.15) is 5.10 Å². The van der Waals surface area contributed by atoms with Crippen LogP contribution in [0.25, 0.3) is 0 Å². The van der Waals surface area contributed by atoms with Crippen LogP contribution in [0.2, 0.25) is 5.02 Å². The lowest BCUT2D eigenvalue weighted by Crippen LogP contribution is -2.08. The van der Waals surface area contributed by atoms with Gasteiger partial charge in [0.25, 0.3) is 0 Å². The van der Waals surface area contributed by atoms with Crippen LogP contribution >= 0.6 is 27.5 Å². The Morgan fingerprint density at radius 1 is 1.37 bits per heavy atom. The second kappa shape index (κ2) is 5.97. The van der Waals surface area contributed by atoms with E-state index in [1.165, 1.54) is 5.56 Å². The van der Waals surface area contributed by atoms with Crippen LogP contribution in [-0.2, 0) is 13.1 Å². The lowest BCUT2D eigenvalue weighted by Gasteiger charge is -2.10. The molecular weight excluding hydrogens is 326 g/mol. The molecular formula is C14H17BrClN3. The molecule has 0 amide bonds. The van der Waals surface area contributed by atoms with Crippen LogP contribution < -0.4 is 5.32 Å². The zero-order valence-electron chi connectivity index (χ0n) is 11.3. The molecule has 0 aliphatic rings. The first-order valence-electron chi connectivity index (χ1n) is 6.24. The van der Waals surface area contributed by atoms with Crippen molar-refractivity contribution in [3.05, 3.63) is 44.6 Å². The highest BCUT2D eigenvalue weighted by Crippen LogP contribution is 2.26. The molecule has 0 saturated carbocycles. The van der Waals surface area contributed by atoms with E-state index >= 15 is 0 Å². The molecule has 19 heavy (non-hydrogen) atoms. The quantitative estimate of drug-likeness (QED) is 0.883. The van der Waals surface area contributed by atoms with E-state index in [4.69, 9.17) is 11.6 Å². The molecule has 1 N–H and O–H groups in total. The van der Waals surface area contributed by atoms with Crippen LogP contribution in [0.4, 0.5) is 5.69 Å². The van der Waals surface area contributed by atoms with E-state index in [0.717, 1.165) is 33.1 Å². The van der Waals surface area contributed by atoms with E-state index in [9.17, 15) is 0 Å². The number of hydrogen-bond donors (Lipinski definition) is 1. The first kappa shape index (κ1) is 14.4. The van der Waals surface area contributed by atoms with Crippen molar-refractivity contribution in [2.75, 3.05) is 5.32 Å². The van der Waals surface area contributed by atoms with Gasteiger partial charge < -0.3 is 5.32 Å². The Kier molecular flexibility index (Phi) is 4.53. The Hall–Kier alpha value is -1.000. The van der Waals surface area contributed by atoms with Crippen LogP contribution in [0, 0.1) is 13.8 Å². The fourth-order valence-corrected chi connectivity index (χ4v) is 2.82. The Morgan fingerprint density at radius 3 is 2.74 bits per heavy atom. The van der Waals surface area contributed by atoms with Crippen molar-refractivity contribution in [1.82, 2.24) is 9.78 Å². The summed E-state index contributed by atoms with van der Waals surface area (Å²) >= 11 is 9.85. The fourth-order valence-electron chi connectivity index (χ4n) is 1.98. The third kappa shape index (κ3) is 3.12. The summed E-state index contributed by atoms with van der Waals surface area (Å²) in [6, 6.07) is 6.23. The number of aromatic nitrogens is 2. The molecule has 1 aromatic carbocycles. The van der Waals surface area contributed by atoms with Crippen molar-refractivity contribution in [3.63, 3.8) is 0 Å². The lowest BCUT2D eigenvalue weighted by atomic mass is 10.2. The molecule has 1 aromatic heterocycles. The minimum atomic E-state index is 0.662. The van der Waals surface area contributed by atoms with Crippen LogP contribution in [0.5, 0.6) is 0 Å². The SMILES string of the molecule is CCn1nc(C)c(Cl)c1CNc1ccc(C)cc1Br. The number of benzene rings is 1. The number of halogens is 2. The molecule has 0 spiro atoms. The number of anilines is 1. The van der Waals surface area contributed by atoms with Gasteiger partial charge in [-0.15, -0.1) is 0 Å². The zero-order valence-corrected chi connectivity index (χ0v) is 13.6. The predicted molar refractivity (Wildman–Crippen MR) is 83.9 cm³/mol. The summed E-state index contributed by atoms with van der Waals surface area (Å²) in [6.07, 6.45) is 0. The molecule has 102 valence electrons. The predicted octanol–water partition coefficient (Wildman–Crippen LogP) is 4.55. The van der Waals surface area contributed by atoms with Crippen molar-refractivity contribution >= 4 is 33.2 Å². The fraction of sp³-hybridized carbons (Fsp3) is 0.357. The molecule has 0 aliphatic heterocycles. The summed E-state index contributed by atoms with van der Waals surface area (Å²) in [5, 5.41) is 8.55. The Labute approximate surface area is 127 Å². The molecule has 1 heterocycles. The summed E-state index contributed by atoms with van der Waals surface area (Å²) in [4.78, 5) is 0. The van der Waals surface area contributed by atoms with E-state index < -0.39 is 0 Å². The first-order valence-corrected chi connectivity index (χ1v) is 7.41. The van der Waals surface area contributed by atoms with Crippen LogP contribution in [0.15, 0.2) is 22.7 Å². The molecule has 0 aliphatic carbocycles. The number of hydrogen-bond acceptors (Lipinski definition) is 2. The zero-order chi connectivity index (χ0) is 14.0. The number of rotatable bonds is 4. The standard InChI is InChI=1S/C14H17BrClN3/c1-4-19-13(14(16)10(3)18-19)8-17-12-6-5-9(2)7-11(12)15/h5-7,17H,4,8H2,1-3H3. The summed E-state index contributed by atoms with van der Waals surface area (Å²) in [5.41, 5.74) is 4.19. The molecule has 0 bridgehead atoms. The van der Waals surface area contributed by atoms with E-state index in [1.54, 1.807) is 0 Å². The summed E-state index contributed by atoms with van der Waals surface area (Å²) < 4.78 is 3.00. The Morgan fingerprint density at radius 2 is 2.11 bits per heavy atom. The molecule has 0 unspecified atom stereocenters. The maximum atomic E-state index is 6.29. The summed E-state index contributed by atoms with van der Waals surface area (Å²) in [7, 11) is 0. The van der Waals surface area contributed by atoms with Gasteiger partial charge in [0.05, 0.1) is 23.0 Å². The summed E-state index contributed by atoms with van der Waals surface area (Å²) in [6.45, 7) is 7.55. The van der Waals surface area contributed by atoms with Crippen molar-refractivity contribution in [1.29, 1.82) is 0 Å². The largest absolute Gasteiger partial charge is 0.378 e. The topological polar surface area (TPSA) is 29.9 Å². The molecule has 0 radical (unpaired) electrons. The van der Waals surface area contributed by atoms with E-state index in [-0.39, 0.29) is 0 Å². The molecule has 5 heteroatoms. The van der Waals surface area contributed by atoms with Gasteiger partial charge in [0.2, 0.25) is 0 Å².